The average Bonchev–Trinajstić information content (AvgIpc) is 3.29. The van der Waals surface area contributed by atoms with Crippen molar-refractivity contribution in [2.45, 2.75) is 39.3 Å². The quantitative estimate of drug-likeness (QED) is 0.208. The first-order valence-electron chi connectivity index (χ1n) is 11.2. The molecule has 0 saturated heterocycles. The number of ether oxygens (including phenoxy) is 1. The van der Waals surface area contributed by atoms with Crippen molar-refractivity contribution in [2.24, 2.45) is 11.0 Å². The maximum atomic E-state index is 12.8. The molecule has 0 aliphatic rings. The average molecular weight is 595 g/mol. The Balaban J connectivity index is 1.59. The molecular weight excluding hydrogens is 569 g/mol. The minimum atomic E-state index is -0.894. The first-order chi connectivity index (χ1) is 17.1. The molecule has 0 saturated carbocycles. The zero-order valence-corrected chi connectivity index (χ0v) is 23.0. The molecule has 0 aliphatic carbocycles. The third-order valence-electron chi connectivity index (χ3n) is 5.03. The molecule has 0 unspecified atom stereocenters. The highest BCUT2D eigenvalue weighted by Crippen LogP contribution is 2.28. The molecule has 2 aromatic carbocycles. The van der Waals surface area contributed by atoms with Gasteiger partial charge in [-0.05, 0) is 61.7 Å². The van der Waals surface area contributed by atoms with E-state index in [0.717, 1.165) is 10.0 Å². The van der Waals surface area contributed by atoms with Crippen molar-refractivity contribution in [3.63, 3.8) is 0 Å². The first kappa shape index (κ1) is 27.8. The Bertz CT molecular complexity index is 1230. The lowest BCUT2D eigenvalue weighted by atomic mass is 10.0. The zero-order chi connectivity index (χ0) is 26.2. The Labute approximate surface area is 228 Å². The number of hydrazone groups is 1. The van der Waals surface area contributed by atoms with E-state index in [9.17, 15) is 9.59 Å². The molecule has 7 nitrogen and oxygen atoms in total. The summed E-state index contributed by atoms with van der Waals surface area (Å²) in [5.74, 6) is 0.694. The number of furan rings is 1. The van der Waals surface area contributed by atoms with E-state index in [-0.39, 0.29) is 10.9 Å². The van der Waals surface area contributed by atoms with Crippen molar-refractivity contribution in [1.29, 1.82) is 0 Å². The van der Waals surface area contributed by atoms with Crippen LogP contribution in [0.4, 0.5) is 0 Å². The molecule has 2 amide bonds. The van der Waals surface area contributed by atoms with Gasteiger partial charge in [-0.2, -0.15) is 5.10 Å². The number of nitrogens with one attached hydrogen (secondary N) is 2. The van der Waals surface area contributed by atoms with Crippen LogP contribution in [0.25, 0.3) is 11.3 Å². The number of carbonyl (C=O) groups excluding carboxylic acids is 2. The minimum absolute atomic E-state index is 0.144. The lowest BCUT2D eigenvalue weighted by Crippen LogP contribution is -2.49. The molecule has 0 radical (unpaired) electrons. The van der Waals surface area contributed by atoms with Crippen LogP contribution < -0.4 is 15.5 Å². The summed E-state index contributed by atoms with van der Waals surface area (Å²) in [6, 6.07) is 15.2. The van der Waals surface area contributed by atoms with Crippen LogP contribution in [0.15, 0.2) is 68.6 Å². The van der Waals surface area contributed by atoms with Crippen LogP contribution >= 0.6 is 39.1 Å². The monoisotopic (exact) mass is 593 g/mol. The van der Waals surface area contributed by atoms with Gasteiger partial charge in [-0.25, -0.2) is 5.43 Å². The van der Waals surface area contributed by atoms with E-state index in [4.69, 9.17) is 32.4 Å². The van der Waals surface area contributed by atoms with Gasteiger partial charge in [0.1, 0.15) is 23.3 Å². The van der Waals surface area contributed by atoms with E-state index in [1.165, 1.54) is 12.3 Å². The Morgan fingerprint density at radius 3 is 2.44 bits per heavy atom. The molecule has 190 valence electrons. The van der Waals surface area contributed by atoms with Crippen molar-refractivity contribution in [2.75, 3.05) is 0 Å². The van der Waals surface area contributed by atoms with Gasteiger partial charge >= 0.3 is 0 Å². The van der Waals surface area contributed by atoms with Crippen molar-refractivity contribution >= 4 is 57.2 Å². The first-order valence-corrected chi connectivity index (χ1v) is 12.8. The van der Waals surface area contributed by atoms with Crippen LogP contribution in [0.2, 0.25) is 10.0 Å². The molecule has 0 bridgehead atoms. The maximum absolute atomic E-state index is 12.8. The van der Waals surface area contributed by atoms with Crippen LogP contribution in [-0.4, -0.2) is 30.2 Å². The Morgan fingerprint density at radius 1 is 1.06 bits per heavy atom. The second-order valence-corrected chi connectivity index (χ2v) is 10.2. The molecular formula is C26H26BrCl2N3O4. The predicted octanol–water partition coefficient (Wildman–Crippen LogP) is 6.46. The summed E-state index contributed by atoms with van der Waals surface area (Å²) in [7, 11) is 0. The van der Waals surface area contributed by atoms with Crippen LogP contribution in [0.3, 0.4) is 0 Å². The van der Waals surface area contributed by atoms with Gasteiger partial charge in [-0.3, -0.25) is 9.59 Å². The normalized spacial score (nSPS) is 13.0. The fourth-order valence-corrected chi connectivity index (χ4v) is 3.95. The SMILES string of the molecule is CC(C)C[C@H](NC(=O)[C@@H](C)Oc1ccc(Cl)cc1Cl)C(=O)N/N=C\c1ccc(-c2ccc(Br)cc2)o1. The maximum Gasteiger partial charge on any atom is 0.262 e. The number of hydrogen-bond donors (Lipinski definition) is 2. The number of rotatable bonds is 10. The Kier molecular flexibility index (Phi) is 9.98. The zero-order valence-electron chi connectivity index (χ0n) is 19.9. The van der Waals surface area contributed by atoms with E-state index in [1.807, 2.05) is 44.2 Å². The number of hydrogen-bond acceptors (Lipinski definition) is 5. The Morgan fingerprint density at radius 2 is 1.78 bits per heavy atom. The summed E-state index contributed by atoms with van der Waals surface area (Å²) in [5.41, 5.74) is 3.39. The molecule has 1 heterocycles. The van der Waals surface area contributed by atoms with Crippen LogP contribution in [0, 0.1) is 5.92 Å². The van der Waals surface area contributed by atoms with Gasteiger partial charge in [-0.15, -0.1) is 0 Å². The number of amides is 2. The van der Waals surface area contributed by atoms with E-state index in [0.29, 0.717) is 28.7 Å². The summed E-state index contributed by atoms with van der Waals surface area (Å²) in [6.45, 7) is 5.48. The molecule has 3 rings (SSSR count). The third kappa shape index (κ3) is 8.11. The Hall–Kier alpha value is -2.81. The molecule has 0 spiro atoms. The molecule has 2 atom stereocenters. The van der Waals surface area contributed by atoms with Crippen molar-refractivity contribution in [3.8, 4) is 17.1 Å². The number of halogens is 3. The van der Waals surface area contributed by atoms with Gasteiger partial charge in [0.15, 0.2) is 6.10 Å². The molecule has 3 aromatic rings. The van der Waals surface area contributed by atoms with Crippen molar-refractivity contribution < 1.29 is 18.7 Å². The van der Waals surface area contributed by atoms with E-state index in [1.54, 1.807) is 25.1 Å². The predicted molar refractivity (Wildman–Crippen MR) is 146 cm³/mol. The number of benzene rings is 2. The molecule has 10 heteroatoms. The largest absolute Gasteiger partial charge is 0.479 e. The molecule has 36 heavy (non-hydrogen) atoms. The van der Waals surface area contributed by atoms with Gasteiger partial charge in [-0.1, -0.05) is 65.1 Å². The summed E-state index contributed by atoms with van der Waals surface area (Å²) in [6.07, 6.45) is 0.925. The summed E-state index contributed by atoms with van der Waals surface area (Å²) in [5, 5.41) is 7.47. The van der Waals surface area contributed by atoms with Crippen LogP contribution in [0.1, 0.15) is 33.0 Å². The lowest BCUT2D eigenvalue weighted by Gasteiger charge is -2.22. The third-order valence-corrected chi connectivity index (χ3v) is 6.09. The standard InChI is InChI=1S/C26H26BrCl2N3O4/c1-15(2)12-22(31-25(33)16(3)35-24-10-8-19(28)13-21(24)29)26(34)32-30-14-20-9-11-23(36-20)17-4-6-18(27)7-5-17/h4-11,13-16,22H,12H2,1-3H3,(H,31,33)(H,32,34)/b30-14-/t16-,22+/m1/s1. The number of nitrogens with zero attached hydrogens (tertiary/aromatic N) is 1. The smallest absolute Gasteiger partial charge is 0.262 e. The second-order valence-electron chi connectivity index (χ2n) is 8.47. The molecule has 0 aliphatic heterocycles. The van der Waals surface area contributed by atoms with Crippen molar-refractivity contribution in [3.05, 3.63) is 74.9 Å². The molecule has 2 N–H and O–H groups in total. The number of carbonyl (C=O) groups is 2. The second kappa shape index (κ2) is 12.9. The summed E-state index contributed by atoms with van der Waals surface area (Å²) in [4.78, 5) is 25.5. The summed E-state index contributed by atoms with van der Waals surface area (Å²) >= 11 is 15.4. The fourth-order valence-electron chi connectivity index (χ4n) is 3.24. The molecule has 0 fully saturated rings. The van der Waals surface area contributed by atoms with Gasteiger partial charge in [0.05, 0.1) is 11.2 Å². The van der Waals surface area contributed by atoms with Crippen LogP contribution in [-0.2, 0) is 9.59 Å². The van der Waals surface area contributed by atoms with Gasteiger partial charge in [0, 0.05) is 15.1 Å². The van der Waals surface area contributed by atoms with E-state index < -0.39 is 24.0 Å². The molecule has 1 aromatic heterocycles. The van der Waals surface area contributed by atoms with E-state index >= 15 is 0 Å². The summed E-state index contributed by atoms with van der Waals surface area (Å²) < 4.78 is 12.4. The topological polar surface area (TPSA) is 92.9 Å². The van der Waals surface area contributed by atoms with Gasteiger partial charge < -0.3 is 14.5 Å². The highest BCUT2D eigenvalue weighted by molar-refractivity contribution is 9.10. The lowest BCUT2D eigenvalue weighted by molar-refractivity contribution is -0.132. The van der Waals surface area contributed by atoms with Crippen LogP contribution in [0.5, 0.6) is 5.75 Å². The highest BCUT2D eigenvalue weighted by atomic mass is 79.9. The highest BCUT2D eigenvalue weighted by Gasteiger charge is 2.25. The minimum Gasteiger partial charge on any atom is -0.479 e. The van der Waals surface area contributed by atoms with Crippen molar-refractivity contribution in [1.82, 2.24) is 10.7 Å². The fraction of sp³-hybridized carbons (Fsp3) is 0.269. The van der Waals surface area contributed by atoms with Gasteiger partial charge in [0.2, 0.25) is 0 Å². The van der Waals surface area contributed by atoms with E-state index in [2.05, 4.69) is 31.8 Å². The van der Waals surface area contributed by atoms with Gasteiger partial charge in [0.25, 0.3) is 11.8 Å².